The zero-order valence-electron chi connectivity index (χ0n) is 10.3. The number of aliphatic hydroxyl groups excluding tert-OH is 1. The van der Waals surface area contributed by atoms with Crippen LogP contribution < -0.4 is 0 Å². The molecule has 2 aliphatic rings. The third-order valence-electron chi connectivity index (χ3n) is 4.38. The first-order chi connectivity index (χ1) is 8.34. The second kappa shape index (κ2) is 4.79. The Morgan fingerprint density at radius 3 is 2.71 bits per heavy atom. The Morgan fingerprint density at radius 2 is 1.88 bits per heavy atom. The number of nitrogens with zero attached hydrogens (tertiary/aromatic N) is 1. The molecule has 0 spiro atoms. The highest BCUT2D eigenvalue weighted by Crippen LogP contribution is 2.35. The van der Waals surface area contributed by atoms with Gasteiger partial charge in [0.2, 0.25) is 0 Å². The van der Waals surface area contributed by atoms with Gasteiger partial charge in [-0.3, -0.25) is 4.90 Å². The summed E-state index contributed by atoms with van der Waals surface area (Å²) < 4.78 is 0. The largest absolute Gasteiger partial charge is 0.391 e. The number of fused-ring (bicyclic) bond motifs is 2. The molecule has 17 heavy (non-hydrogen) atoms. The quantitative estimate of drug-likeness (QED) is 0.845. The van der Waals surface area contributed by atoms with Gasteiger partial charge in [-0.15, -0.1) is 0 Å². The van der Waals surface area contributed by atoms with Gasteiger partial charge in [-0.1, -0.05) is 30.3 Å². The molecule has 92 valence electrons. The Balaban J connectivity index is 1.77. The Hall–Kier alpha value is -0.860. The van der Waals surface area contributed by atoms with Gasteiger partial charge in [0.25, 0.3) is 0 Å². The van der Waals surface area contributed by atoms with Crippen molar-refractivity contribution in [3.63, 3.8) is 0 Å². The van der Waals surface area contributed by atoms with Crippen LogP contribution in [0.15, 0.2) is 30.3 Å². The van der Waals surface area contributed by atoms with Gasteiger partial charge in [0, 0.05) is 18.6 Å². The number of benzene rings is 1. The minimum atomic E-state index is -0.105. The van der Waals surface area contributed by atoms with Crippen molar-refractivity contribution in [2.75, 3.05) is 0 Å². The highest BCUT2D eigenvalue weighted by Gasteiger charge is 2.39. The number of rotatable bonds is 2. The van der Waals surface area contributed by atoms with E-state index < -0.39 is 0 Å². The lowest BCUT2D eigenvalue weighted by molar-refractivity contribution is 0.0624. The van der Waals surface area contributed by atoms with E-state index in [0.29, 0.717) is 12.1 Å². The van der Waals surface area contributed by atoms with Gasteiger partial charge in [0.1, 0.15) is 0 Å². The molecule has 0 radical (unpaired) electrons. The van der Waals surface area contributed by atoms with Gasteiger partial charge in [-0.2, -0.15) is 0 Å². The molecule has 0 aromatic heterocycles. The van der Waals surface area contributed by atoms with E-state index in [9.17, 15) is 5.11 Å². The average Bonchev–Trinajstić information content (AvgIpc) is 2.66. The standard InChI is InChI=1S/C15H21NO/c17-15-8-4-7-13-9-10-14(15)16(13)11-12-5-2-1-3-6-12/h1-3,5-6,13-15,17H,4,7-11H2. The monoisotopic (exact) mass is 231 g/mol. The molecule has 2 nitrogen and oxygen atoms in total. The second-order valence-electron chi connectivity index (χ2n) is 5.45. The minimum absolute atomic E-state index is 0.105. The van der Waals surface area contributed by atoms with Crippen molar-refractivity contribution in [3.05, 3.63) is 35.9 Å². The maximum Gasteiger partial charge on any atom is 0.0695 e. The van der Waals surface area contributed by atoms with Gasteiger partial charge in [0.15, 0.2) is 0 Å². The lowest BCUT2D eigenvalue weighted by atomic mass is 9.99. The fourth-order valence-electron chi connectivity index (χ4n) is 3.48. The lowest BCUT2D eigenvalue weighted by Crippen LogP contribution is -2.40. The molecule has 2 bridgehead atoms. The molecule has 2 heterocycles. The van der Waals surface area contributed by atoms with Crippen LogP contribution in [0.2, 0.25) is 0 Å². The molecule has 1 N–H and O–H groups in total. The molecule has 2 aliphatic heterocycles. The Labute approximate surface area is 103 Å². The van der Waals surface area contributed by atoms with E-state index in [1.807, 2.05) is 0 Å². The van der Waals surface area contributed by atoms with E-state index in [0.717, 1.165) is 13.0 Å². The van der Waals surface area contributed by atoms with Crippen molar-refractivity contribution in [2.24, 2.45) is 0 Å². The van der Waals surface area contributed by atoms with Crippen molar-refractivity contribution in [1.29, 1.82) is 0 Å². The molecule has 0 saturated carbocycles. The van der Waals surface area contributed by atoms with E-state index in [1.165, 1.54) is 31.2 Å². The van der Waals surface area contributed by atoms with E-state index in [2.05, 4.69) is 35.2 Å². The molecule has 2 heteroatoms. The minimum Gasteiger partial charge on any atom is -0.391 e. The summed E-state index contributed by atoms with van der Waals surface area (Å²) in [6, 6.07) is 11.8. The molecule has 2 saturated heterocycles. The summed E-state index contributed by atoms with van der Waals surface area (Å²) in [6.07, 6.45) is 5.79. The molecule has 1 aromatic carbocycles. The summed E-state index contributed by atoms with van der Waals surface area (Å²) >= 11 is 0. The summed E-state index contributed by atoms with van der Waals surface area (Å²) in [4.78, 5) is 2.55. The Bertz CT molecular complexity index is 364. The van der Waals surface area contributed by atoms with Crippen LogP contribution in [0, 0.1) is 0 Å². The summed E-state index contributed by atoms with van der Waals surface area (Å²) in [6.45, 7) is 1.01. The van der Waals surface area contributed by atoms with Crippen molar-refractivity contribution >= 4 is 0 Å². The highest BCUT2D eigenvalue weighted by molar-refractivity contribution is 5.15. The number of hydrogen-bond donors (Lipinski definition) is 1. The average molecular weight is 231 g/mol. The Morgan fingerprint density at radius 1 is 1.06 bits per heavy atom. The molecule has 1 aromatic rings. The molecular weight excluding hydrogens is 210 g/mol. The summed E-state index contributed by atoms with van der Waals surface area (Å²) in [5.74, 6) is 0. The normalized spacial score (nSPS) is 33.6. The topological polar surface area (TPSA) is 23.5 Å². The van der Waals surface area contributed by atoms with E-state index in [4.69, 9.17) is 0 Å². The molecule has 3 rings (SSSR count). The summed E-state index contributed by atoms with van der Waals surface area (Å²) in [7, 11) is 0. The summed E-state index contributed by atoms with van der Waals surface area (Å²) in [5.41, 5.74) is 1.37. The number of hydrogen-bond acceptors (Lipinski definition) is 2. The summed E-state index contributed by atoms with van der Waals surface area (Å²) in [5, 5.41) is 10.2. The fourth-order valence-corrected chi connectivity index (χ4v) is 3.48. The molecular formula is C15H21NO. The molecule has 3 atom stereocenters. The van der Waals surface area contributed by atoms with Crippen LogP contribution in [0.1, 0.15) is 37.7 Å². The molecule has 0 aliphatic carbocycles. The van der Waals surface area contributed by atoms with E-state index in [-0.39, 0.29) is 6.10 Å². The third kappa shape index (κ3) is 2.24. The molecule has 0 amide bonds. The van der Waals surface area contributed by atoms with Crippen molar-refractivity contribution in [2.45, 2.75) is 56.8 Å². The van der Waals surface area contributed by atoms with E-state index >= 15 is 0 Å². The van der Waals surface area contributed by atoms with Gasteiger partial charge in [-0.05, 0) is 37.7 Å². The van der Waals surface area contributed by atoms with Gasteiger partial charge < -0.3 is 5.11 Å². The van der Waals surface area contributed by atoms with Crippen LogP contribution in [-0.4, -0.2) is 28.2 Å². The first-order valence-corrected chi connectivity index (χ1v) is 6.82. The van der Waals surface area contributed by atoms with E-state index in [1.54, 1.807) is 0 Å². The first kappa shape index (κ1) is 11.2. The van der Waals surface area contributed by atoms with Crippen LogP contribution in [0.3, 0.4) is 0 Å². The van der Waals surface area contributed by atoms with Crippen molar-refractivity contribution in [1.82, 2.24) is 4.90 Å². The lowest BCUT2D eigenvalue weighted by Gasteiger charge is -2.30. The predicted molar refractivity (Wildman–Crippen MR) is 68.7 cm³/mol. The number of aliphatic hydroxyl groups is 1. The van der Waals surface area contributed by atoms with Gasteiger partial charge >= 0.3 is 0 Å². The SMILES string of the molecule is OC1CCCC2CCC1N2Cc1ccccc1. The van der Waals surface area contributed by atoms with Gasteiger partial charge in [-0.25, -0.2) is 0 Å². The highest BCUT2D eigenvalue weighted by atomic mass is 16.3. The third-order valence-corrected chi connectivity index (χ3v) is 4.38. The van der Waals surface area contributed by atoms with Crippen LogP contribution >= 0.6 is 0 Å². The van der Waals surface area contributed by atoms with Crippen molar-refractivity contribution in [3.8, 4) is 0 Å². The molecule has 2 fully saturated rings. The molecule has 3 unspecified atom stereocenters. The zero-order valence-corrected chi connectivity index (χ0v) is 10.3. The van der Waals surface area contributed by atoms with Crippen molar-refractivity contribution < 1.29 is 5.11 Å². The maximum atomic E-state index is 10.2. The van der Waals surface area contributed by atoms with Crippen LogP contribution in [0.25, 0.3) is 0 Å². The van der Waals surface area contributed by atoms with Crippen LogP contribution in [-0.2, 0) is 6.54 Å². The second-order valence-corrected chi connectivity index (χ2v) is 5.45. The van der Waals surface area contributed by atoms with Gasteiger partial charge in [0.05, 0.1) is 6.10 Å². The van der Waals surface area contributed by atoms with Crippen LogP contribution in [0.4, 0.5) is 0 Å². The predicted octanol–water partition coefficient (Wildman–Crippen LogP) is 2.56. The maximum absolute atomic E-state index is 10.2. The Kier molecular flexibility index (Phi) is 3.17. The first-order valence-electron chi connectivity index (χ1n) is 6.82. The van der Waals surface area contributed by atoms with Crippen LogP contribution in [0.5, 0.6) is 0 Å². The zero-order chi connectivity index (χ0) is 11.7. The fraction of sp³-hybridized carbons (Fsp3) is 0.600. The smallest absolute Gasteiger partial charge is 0.0695 e.